The molecule has 0 bridgehead atoms. The maximum absolute atomic E-state index is 5.85. The van der Waals surface area contributed by atoms with Gasteiger partial charge in [-0.3, -0.25) is 0 Å². The topological polar surface area (TPSA) is 25.2 Å². The van der Waals surface area contributed by atoms with Crippen LogP contribution in [-0.4, -0.2) is 6.54 Å². The first-order valence-corrected chi connectivity index (χ1v) is 6.44. The first-order chi connectivity index (χ1) is 7.74. The predicted octanol–water partition coefficient (Wildman–Crippen LogP) is 3.64. The lowest BCUT2D eigenvalue weighted by atomic mass is 10.3. The van der Waals surface area contributed by atoms with Crippen LogP contribution in [0.1, 0.15) is 16.4 Å². The molecule has 1 N–H and O–H groups in total. The summed E-state index contributed by atoms with van der Waals surface area (Å²) >= 11 is 7.50. The van der Waals surface area contributed by atoms with Gasteiger partial charge in [-0.2, -0.15) is 0 Å². The summed E-state index contributed by atoms with van der Waals surface area (Å²) in [5, 5.41) is 3.34. The van der Waals surface area contributed by atoms with E-state index in [1.54, 1.807) is 11.3 Å². The van der Waals surface area contributed by atoms with Gasteiger partial charge in [0.1, 0.15) is 11.5 Å². The summed E-state index contributed by atoms with van der Waals surface area (Å²) < 4.78 is 6.32. The van der Waals surface area contributed by atoms with Crippen LogP contribution >= 0.6 is 22.9 Å². The summed E-state index contributed by atoms with van der Waals surface area (Å²) in [5.41, 5.74) is 0. The summed E-state index contributed by atoms with van der Waals surface area (Å²) in [6.45, 7) is 3.68. The van der Waals surface area contributed by atoms with Gasteiger partial charge in [-0.1, -0.05) is 11.6 Å². The Morgan fingerprint density at radius 1 is 1.31 bits per heavy atom. The lowest BCUT2D eigenvalue weighted by Gasteiger charge is -2.00. The normalized spacial score (nSPS) is 10.9. The van der Waals surface area contributed by atoms with Gasteiger partial charge in [0.25, 0.3) is 0 Å². The molecule has 86 valence electrons. The van der Waals surface area contributed by atoms with E-state index < -0.39 is 0 Å². The smallest absolute Gasteiger partial charge is 0.117 e. The Hall–Kier alpha value is -0.770. The highest BCUT2D eigenvalue weighted by Crippen LogP contribution is 2.21. The van der Waals surface area contributed by atoms with Gasteiger partial charge >= 0.3 is 0 Å². The minimum atomic E-state index is 0.785. The Labute approximate surface area is 104 Å². The molecular formula is C12H14ClNOS. The molecule has 4 heteroatoms. The number of halogens is 1. The predicted molar refractivity (Wildman–Crippen MR) is 68.2 cm³/mol. The largest absolute Gasteiger partial charge is 0.465 e. The molecule has 0 fully saturated rings. The molecule has 0 aromatic carbocycles. The van der Waals surface area contributed by atoms with Gasteiger partial charge < -0.3 is 9.73 Å². The van der Waals surface area contributed by atoms with Crippen LogP contribution in [0.15, 0.2) is 28.7 Å². The van der Waals surface area contributed by atoms with Crippen LogP contribution in [0.4, 0.5) is 0 Å². The minimum absolute atomic E-state index is 0.785. The molecule has 0 aliphatic carbocycles. The molecule has 2 nitrogen and oxygen atoms in total. The van der Waals surface area contributed by atoms with Crippen LogP contribution in [0, 0.1) is 6.92 Å². The Kier molecular flexibility index (Phi) is 4.04. The molecule has 0 radical (unpaired) electrons. The number of aryl methyl sites for hydroxylation is 1. The van der Waals surface area contributed by atoms with Crippen molar-refractivity contribution in [3.63, 3.8) is 0 Å². The van der Waals surface area contributed by atoms with Gasteiger partial charge in [0.05, 0.1) is 10.9 Å². The zero-order valence-electron chi connectivity index (χ0n) is 9.13. The summed E-state index contributed by atoms with van der Waals surface area (Å²) in [7, 11) is 0. The molecule has 2 heterocycles. The number of rotatable bonds is 5. The van der Waals surface area contributed by atoms with Crippen molar-refractivity contribution in [3.05, 3.63) is 45.0 Å². The standard InChI is InChI=1S/C12H14ClNOS/c1-9-2-3-10(15-9)8-14-7-6-11-4-5-12(13)16-11/h2-5,14H,6-8H2,1H3. The fraction of sp³-hybridized carbons (Fsp3) is 0.333. The molecule has 0 atom stereocenters. The van der Waals surface area contributed by atoms with Crippen LogP contribution in [-0.2, 0) is 13.0 Å². The van der Waals surface area contributed by atoms with Crippen molar-refractivity contribution >= 4 is 22.9 Å². The van der Waals surface area contributed by atoms with Crippen molar-refractivity contribution in [2.45, 2.75) is 19.9 Å². The van der Waals surface area contributed by atoms with Crippen LogP contribution in [0.25, 0.3) is 0 Å². The van der Waals surface area contributed by atoms with Crippen LogP contribution in [0.2, 0.25) is 4.34 Å². The van der Waals surface area contributed by atoms with Gasteiger partial charge in [0, 0.05) is 11.4 Å². The van der Waals surface area contributed by atoms with E-state index in [0.717, 1.165) is 35.4 Å². The maximum atomic E-state index is 5.85. The van der Waals surface area contributed by atoms with E-state index in [1.807, 2.05) is 25.1 Å². The third-order valence-electron chi connectivity index (χ3n) is 2.27. The fourth-order valence-electron chi connectivity index (χ4n) is 1.49. The minimum Gasteiger partial charge on any atom is -0.465 e. The third kappa shape index (κ3) is 3.37. The van der Waals surface area contributed by atoms with E-state index in [9.17, 15) is 0 Å². The Morgan fingerprint density at radius 3 is 2.81 bits per heavy atom. The average molecular weight is 256 g/mol. The van der Waals surface area contributed by atoms with E-state index in [1.165, 1.54) is 4.88 Å². The molecule has 0 spiro atoms. The Balaban J connectivity index is 1.69. The summed E-state index contributed by atoms with van der Waals surface area (Å²) in [6, 6.07) is 8.00. The second-order valence-corrected chi connectivity index (χ2v) is 5.44. The molecule has 0 saturated heterocycles. The average Bonchev–Trinajstić information content (AvgIpc) is 2.83. The highest BCUT2D eigenvalue weighted by molar-refractivity contribution is 7.16. The molecule has 0 saturated carbocycles. The van der Waals surface area contributed by atoms with E-state index in [-0.39, 0.29) is 0 Å². The van der Waals surface area contributed by atoms with Gasteiger partial charge in [-0.25, -0.2) is 0 Å². The summed E-state index contributed by atoms with van der Waals surface area (Å²) in [4.78, 5) is 1.31. The number of furan rings is 1. The maximum Gasteiger partial charge on any atom is 0.117 e. The lowest BCUT2D eigenvalue weighted by Crippen LogP contribution is -2.15. The molecular weight excluding hydrogens is 242 g/mol. The number of hydrogen-bond donors (Lipinski definition) is 1. The van der Waals surface area contributed by atoms with E-state index >= 15 is 0 Å². The van der Waals surface area contributed by atoms with Crippen LogP contribution in [0.3, 0.4) is 0 Å². The molecule has 2 aromatic rings. The summed E-state index contributed by atoms with van der Waals surface area (Å²) in [6.07, 6.45) is 1.01. The van der Waals surface area contributed by atoms with Gasteiger partial charge in [-0.05, 0) is 37.6 Å². The SMILES string of the molecule is Cc1ccc(CNCCc2ccc(Cl)s2)o1. The quantitative estimate of drug-likeness (QED) is 0.826. The van der Waals surface area contributed by atoms with E-state index in [0.29, 0.717) is 0 Å². The van der Waals surface area contributed by atoms with Crippen molar-refractivity contribution in [2.24, 2.45) is 0 Å². The Bertz CT molecular complexity index is 407. The van der Waals surface area contributed by atoms with Crippen LogP contribution in [0.5, 0.6) is 0 Å². The first kappa shape index (κ1) is 11.7. The summed E-state index contributed by atoms with van der Waals surface area (Å²) in [5.74, 6) is 1.95. The van der Waals surface area contributed by atoms with E-state index in [4.69, 9.17) is 16.0 Å². The van der Waals surface area contributed by atoms with Gasteiger partial charge in [-0.15, -0.1) is 11.3 Å². The zero-order chi connectivity index (χ0) is 11.4. The second-order valence-electron chi connectivity index (χ2n) is 3.64. The van der Waals surface area contributed by atoms with Crippen molar-refractivity contribution in [3.8, 4) is 0 Å². The highest BCUT2D eigenvalue weighted by Gasteiger charge is 1.99. The highest BCUT2D eigenvalue weighted by atomic mass is 35.5. The monoisotopic (exact) mass is 255 g/mol. The molecule has 0 aliphatic heterocycles. The Morgan fingerprint density at radius 2 is 2.19 bits per heavy atom. The molecule has 16 heavy (non-hydrogen) atoms. The number of nitrogens with one attached hydrogen (secondary N) is 1. The van der Waals surface area contributed by atoms with Crippen LogP contribution < -0.4 is 5.32 Å². The van der Waals surface area contributed by atoms with Crippen molar-refractivity contribution in [2.75, 3.05) is 6.54 Å². The molecule has 0 unspecified atom stereocenters. The fourth-order valence-corrected chi connectivity index (χ4v) is 2.58. The van der Waals surface area contributed by atoms with Crippen molar-refractivity contribution in [1.29, 1.82) is 0 Å². The molecule has 0 aliphatic rings. The third-order valence-corrected chi connectivity index (χ3v) is 3.56. The number of hydrogen-bond acceptors (Lipinski definition) is 3. The van der Waals surface area contributed by atoms with E-state index in [2.05, 4.69) is 11.4 Å². The second kappa shape index (κ2) is 5.53. The zero-order valence-corrected chi connectivity index (χ0v) is 10.7. The first-order valence-electron chi connectivity index (χ1n) is 5.24. The molecule has 0 amide bonds. The van der Waals surface area contributed by atoms with Gasteiger partial charge in [0.15, 0.2) is 0 Å². The lowest BCUT2D eigenvalue weighted by molar-refractivity contribution is 0.463. The molecule has 2 rings (SSSR count). The molecule has 2 aromatic heterocycles. The van der Waals surface area contributed by atoms with Crippen molar-refractivity contribution < 1.29 is 4.42 Å². The number of thiophene rings is 1. The van der Waals surface area contributed by atoms with Crippen molar-refractivity contribution in [1.82, 2.24) is 5.32 Å². The van der Waals surface area contributed by atoms with Gasteiger partial charge in [0.2, 0.25) is 0 Å².